The number of amides is 1. The number of rotatable bonds is 5. The summed E-state index contributed by atoms with van der Waals surface area (Å²) in [6.07, 6.45) is 2.81. The zero-order valence-electron chi connectivity index (χ0n) is 14.7. The zero-order valence-corrected chi connectivity index (χ0v) is 15.5. The van der Waals surface area contributed by atoms with E-state index in [0.717, 1.165) is 22.6 Å². The van der Waals surface area contributed by atoms with E-state index in [2.05, 4.69) is 10.3 Å². The molecule has 1 amide bonds. The lowest BCUT2D eigenvalue weighted by atomic mass is 10.2. The van der Waals surface area contributed by atoms with Crippen LogP contribution in [-0.2, 0) is 4.79 Å². The van der Waals surface area contributed by atoms with Crippen LogP contribution in [0.5, 0.6) is 0 Å². The fraction of sp³-hybridized carbons (Fsp3) is 0.250. The number of carbonyl (C=O) groups excluding carboxylic acids is 1. The van der Waals surface area contributed by atoms with E-state index in [-0.39, 0.29) is 17.8 Å². The van der Waals surface area contributed by atoms with Crippen molar-refractivity contribution in [2.24, 2.45) is 0 Å². The highest BCUT2D eigenvalue weighted by Gasteiger charge is 2.28. The SMILES string of the molecule is O=C(CSc1ccc(F)cc1)N1CCC(n2cc(-c3ccccc3)nn2)C1. The number of halogens is 1. The standard InChI is InChI=1S/C20H19FN4OS/c21-16-6-8-18(9-7-16)27-14-20(26)24-11-10-17(12-24)25-13-19(22-23-25)15-4-2-1-3-5-15/h1-9,13,17H,10-12,14H2. The van der Waals surface area contributed by atoms with E-state index in [0.29, 0.717) is 18.8 Å². The van der Waals surface area contributed by atoms with Crippen LogP contribution < -0.4 is 0 Å². The molecule has 1 aliphatic rings. The summed E-state index contributed by atoms with van der Waals surface area (Å²) in [4.78, 5) is 15.2. The van der Waals surface area contributed by atoms with Gasteiger partial charge in [-0.1, -0.05) is 35.5 Å². The summed E-state index contributed by atoms with van der Waals surface area (Å²) in [5.41, 5.74) is 1.87. The molecule has 0 radical (unpaired) electrons. The van der Waals surface area contributed by atoms with Crippen LogP contribution in [0.15, 0.2) is 65.7 Å². The first kappa shape index (κ1) is 17.7. The molecule has 0 spiro atoms. The molecular formula is C20H19FN4OS. The van der Waals surface area contributed by atoms with Crippen LogP contribution in [0.4, 0.5) is 4.39 Å². The second-order valence-corrected chi connectivity index (χ2v) is 7.52. The third-order valence-corrected chi connectivity index (χ3v) is 5.64. The van der Waals surface area contributed by atoms with Crippen LogP contribution >= 0.6 is 11.8 Å². The summed E-state index contributed by atoms with van der Waals surface area (Å²) in [7, 11) is 0. The summed E-state index contributed by atoms with van der Waals surface area (Å²) in [5.74, 6) is 0.177. The Morgan fingerprint density at radius 3 is 2.70 bits per heavy atom. The number of carbonyl (C=O) groups is 1. The van der Waals surface area contributed by atoms with E-state index >= 15 is 0 Å². The fourth-order valence-electron chi connectivity index (χ4n) is 3.15. The first-order valence-corrected chi connectivity index (χ1v) is 9.81. The van der Waals surface area contributed by atoms with Gasteiger partial charge in [0.1, 0.15) is 11.5 Å². The van der Waals surface area contributed by atoms with Crippen LogP contribution in [0, 0.1) is 5.82 Å². The molecule has 4 rings (SSSR count). The average Bonchev–Trinajstić information content (AvgIpc) is 3.37. The molecule has 1 aliphatic heterocycles. The molecule has 138 valence electrons. The van der Waals surface area contributed by atoms with Crippen LogP contribution in [0.2, 0.25) is 0 Å². The summed E-state index contributed by atoms with van der Waals surface area (Å²) in [5, 5.41) is 8.52. The minimum Gasteiger partial charge on any atom is -0.340 e. The van der Waals surface area contributed by atoms with Crippen LogP contribution in [0.1, 0.15) is 12.5 Å². The van der Waals surface area contributed by atoms with E-state index in [1.54, 1.807) is 12.1 Å². The summed E-state index contributed by atoms with van der Waals surface area (Å²) in [6, 6.07) is 16.3. The Morgan fingerprint density at radius 1 is 1.15 bits per heavy atom. The molecule has 2 heterocycles. The Hall–Kier alpha value is -2.67. The lowest BCUT2D eigenvalue weighted by Gasteiger charge is -2.16. The van der Waals surface area contributed by atoms with Crippen LogP contribution in [0.25, 0.3) is 11.3 Å². The Morgan fingerprint density at radius 2 is 1.93 bits per heavy atom. The maximum absolute atomic E-state index is 12.9. The third kappa shape index (κ3) is 4.19. The van der Waals surface area contributed by atoms with Gasteiger partial charge in [0.2, 0.25) is 5.91 Å². The molecule has 1 aromatic heterocycles. The highest BCUT2D eigenvalue weighted by atomic mass is 32.2. The number of likely N-dealkylation sites (tertiary alicyclic amines) is 1. The molecule has 27 heavy (non-hydrogen) atoms. The normalized spacial score (nSPS) is 16.6. The van der Waals surface area contributed by atoms with Crippen molar-refractivity contribution in [3.8, 4) is 11.3 Å². The fourth-order valence-corrected chi connectivity index (χ4v) is 3.95. The molecule has 0 bridgehead atoms. The Bertz CT molecular complexity index is 913. The van der Waals surface area contributed by atoms with Crippen molar-refractivity contribution in [3.63, 3.8) is 0 Å². The van der Waals surface area contributed by atoms with Crippen molar-refractivity contribution >= 4 is 17.7 Å². The lowest BCUT2D eigenvalue weighted by molar-refractivity contribution is -0.127. The first-order chi connectivity index (χ1) is 13.2. The molecule has 5 nitrogen and oxygen atoms in total. The van der Waals surface area contributed by atoms with Crippen LogP contribution in [-0.4, -0.2) is 44.6 Å². The second kappa shape index (κ2) is 7.92. The van der Waals surface area contributed by atoms with Gasteiger partial charge in [-0.2, -0.15) is 0 Å². The molecule has 1 unspecified atom stereocenters. The molecule has 0 N–H and O–H groups in total. The Balaban J connectivity index is 1.34. The monoisotopic (exact) mass is 382 g/mol. The van der Waals surface area contributed by atoms with Gasteiger partial charge in [-0.25, -0.2) is 9.07 Å². The van der Waals surface area contributed by atoms with Crippen molar-refractivity contribution < 1.29 is 9.18 Å². The van der Waals surface area contributed by atoms with Gasteiger partial charge >= 0.3 is 0 Å². The van der Waals surface area contributed by atoms with Crippen molar-refractivity contribution in [2.45, 2.75) is 17.4 Å². The van der Waals surface area contributed by atoms with Gasteiger partial charge in [0.15, 0.2) is 0 Å². The molecule has 1 atom stereocenters. The quantitative estimate of drug-likeness (QED) is 0.632. The first-order valence-electron chi connectivity index (χ1n) is 8.82. The smallest absolute Gasteiger partial charge is 0.233 e. The van der Waals surface area contributed by atoms with Crippen LogP contribution in [0.3, 0.4) is 0 Å². The number of thioether (sulfide) groups is 1. The molecular weight excluding hydrogens is 363 g/mol. The summed E-state index contributed by atoms with van der Waals surface area (Å²) < 4.78 is 14.8. The van der Waals surface area contributed by atoms with Gasteiger partial charge in [-0.15, -0.1) is 16.9 Å². The second-order valence-electron chi connectivity index (χ2n) is 6.47. The Labute approximate surface area is 161 Å². The van der Waals surface area contributed by atoms with E-state index in [9.17, 15) is 9.18 Å². The van der Waals surface area contributed by atoms with Gasteiger partial charge in [-0.3, -0.25) is 4.79 Å². The molecule has 0 saturated carbocycles. The van der Waals surface area contributed by atoms with E-state index in [1.807, 2.05) is 46.1 Å². The minimum atomic E-state index is -0.268. The maximum atomic E-state index is 12.9. The number of benzene rings is 2. The molecule has 1 saturated heterocycles. The van der Waals surface area contributed by atoms with Gasteiger partial charge in [0, 0.05) is 23.5 Å². The highest BCUT2D eigenvalue weighted by molar-refractivity contribution is 8.00. The van der Waals surface area contributed by atoms with Gasteiger partial charge in [0.25, 0.3) is 0 Å². The summed E-state index contributed by atoms with van der Waals surface area (Å²) in [6.45, 7) is 1.36. The topological polar surface area (TPSA) is 51.0 Å². The van der Waals surface area contributed by atoms with Gasteiger partial charge in [0.05, 0.1) is 18.0 Å². The van der Waals surface area contributed by atoms with E-state index in [1.165, 1.54) is 23.9 Å². The van der Waals surface area contributed by atoms with Gasteiger partial charge < -0.3 is 4.90 Å². The molecule has 1 fully saturated rings. The molecule has 2 aromatic carbocycles. The van der Waals surface area contributed by atoms with Crippen molar-refractivity contribution in [1.29, 1.82) is 0 Å². The third-order valence-electron chi connectivity index (χ3n) is 4.65. The zero-order chi connectivity index (χ0) is 18.6. The Kier molecular flexibility index (Phi) is 5.20. The van der Waals surface area contributed by atoms with Gasteiger partial charge in [-0.05, 0) is 30.7 Å². The van der Waals surface area contributed by atoms with E-state index < -0.39 is 0 Å². The maximum Gasteiger partial charge on any atom is 0.233 e. The van der Waals surface area contributed by atoms with Crippen molar-refractivity contribution in [3.05, 3.63) is 66.6 Å². The molecule has 7 heteroatoms. The number of aromatic nitrogens is 3. The predicted octanol–water partition coefficient (Wildman–Crippen LogP) is 3.65. The predicted molar refractivity (Wildman–Crippen MR) is 103 cm³/mol. The minimum absolute atomic E-state index is 0.0928. The highest BCUT2D eigenvalue weighted by Crippen LogP contribution is 2.25. The van der Waals surface area contributed by atoms with Crippen molar-refractivity contribution in [1.82, 2.24) is 19.9 Å². The number of hydrogen-bond acceptors (Lipinski definition) is 4. The largest absolute Gasteiger partial charge is 0.340 e. The molecule has 0 aliphatic carbocycles. The van der Waals surface area contributed by atoms with E-state index in [4.69, 9.17) is 0 Å². The average molecular weight is 382 g/mol. The number of hydrogen-bond donors (Lipinski definition) is 0. The lowest BCUT2D eigenvalue weighted by Crippen LogP contribution is -2.30. The van der Waals surface area contributed by atoms with Crippen molar-refractivity contribution in [2.75, 3.05) is 18.8 Å². The molecule has 3 aromatic rings. The number of nitrogens with zero attached hydrogens (tertiary/aromatic N) is 4. The summed E-state index contributed by atoms with van der Waals surface area (Å²) >= 11 is 1.43.